The van der Waals surface area contributed by atoms with Gasteiger partial charge in [-0.1, -0.05) is 6.08 Å². The molecule has 2 rings (SSSR count). The Labute approximate surface area is 95.9 Å². The molecule has 1 aromatic rings. The molecule has 0 saturated heterocycles. The van der Waals surface area contributed by atoms with E-state index in [9.17, 15) is 0 Å². The van der Waals surface area contributed by atoms with Crippen molar-refractivity contribution in [3.8, 4) is 0 Å². The van der Waals surface area contributed by atoms with Crippen molar-refractivity contribution in [2.75, 3.05) is 0 Å². The molecule has 1 aliphatic carbocycles. The molecule has 1 N–H and O–H groups in total. The first-order chi connectivity index (χ1) is 7.81. The summed E-state index contributed by atoms with van der Waals surface area (Å²) in [6.45, 7) is 6.65. The van der Waals surface area contributed by atoms with Crippen molar-refractivity contribution >= 4 is 0 Å². The Morgan fingerprint density at radius 3 is 3.12 bits per heavy atom. The lowest BCUT2D eigenvalue weighted by Crippen LogP contribution is -2.27. The Balaban J connectivity index is 1.79. The van der Waals surface area contributed by atoms with Crippen LogP contribution in [-0.2, 0) is 6.54 Å². The van der Waals surface area contributed by atoms with Gasteiger partial charge in [0, 0.05) is 6.04 Å². The number of tetrazole rings is 1. The highest BCUT2D eigenvalue weighted by atomic mass is 15.6. The van der Waals surface area contributed by atoms with Crippen molar-refractivity contribution in [1.29, 1.82) is 0 Å². The van der Waals surface area contributed by atoms with Crippen LogP contribution in [0, 0.1) is 0 Å². The summed E-state index contributed by atoms with van der Waals surface area (Å²) in [5.41, 5.74) is 0. The Kier molecular flexibility index (Phi) is 3.66. The van der Waals surface area contributed by atoms with Gasteiger partial charge in [0.2, 0.25) is 0 Å². The van der Waals surface area contributed by atoms with E-state index in [2.05, 4.69) is 34.3 Å². The van der Waals surface area contributed by atoms with E-state index < -0.39 is 0 Å². The van der Waals surface area contributed by atoms with Gasteiger partial charge in [0.1, 0.15) is 0 Å². The van der Waals surface area contributed by atoms with Crippen LogP contribution in [-0.4, -0.2) is 26.2 Å². The summed E-state index contributed by atoms with van der Waals surface area (Å²) in [5, 5.41) is 15.2. The maximum absolute atomic E-state index is 4.05. The number of nitrogens with zero attached hydrogens (tertiary/aromatic N) is 4. The van der Waals surface area contributed by atoms with Gasteiger partial charge in [-0.15, -0.1) is 11.7 Å². The minimum Gasteiger partial charge on any atom is -0.307 e. The highest BCUT2D eigenvalue weighted by Gasteiger charge is 2.27. The van der Waals surface area contributed by atoms with Crippen molar-refractivity contribution < 1.29 is 0 Å². The predicted molar refractivity (Wildman–Crippen MR) is 61.8 cm³/mol. The van der Waals surface area contributed by atoms with Crippen LogP contribution in [0.3, 0.4) is 0 Å². The smallest absolute Gasteiger partial charge is 0.165 e. The van der Waals surface area contributed by atoms with Gasteiger partial charge < -0.3 is 5.32 Å². The van der Waals surface area contributed by atoms with Crippen LogP contribution >= 0.6 is 0 Å². The number of nitrogens with one attached hydrogen (secondary N) is 1. The maximum Gasteiger partial charge on any atom is 0.165 e. The van der Waals surface area contributed by atoms with Gasteiger partial charge in [-0.2, -0.15) is 0 Å². The number of hydrogen-bond donors (Lipinski definition) is 1. The third kappa shape index (κ3) is 2.88. The molecule has 0 bridgehead atoms. The lowest BCUT2D eigenvalue weighted by Gasteiger charge is -2.12. The van der Waals surface area contributed by atoms with Crippen molar-refractivity contribution in [3.63, 3.8) is 0 Å². The highest BCUT2D eigenvalue weighted by Crippen LogP contribution is 2.34. The van der Waals surface area contributed by atoms with E-state index in [4.69, 9.17) is 0 Å². The molecule has 5 nitrogen and oxygen atoms in total. The lowest BCUT2D eigenvalue weighted by atomic mass is 10.2. The lowest BCUT2D eigenvalue weighted by molar-refractivity contribution is 0.486. The van der Waals surface area contributed by atoms with Gasteiger partial charge in [-0.05, 0) is 43.0 Å². The van der Waals surface area contributed by atoms with E-state index in [-0.39, 0.29) is 0 Å². The molecule has 1 fully saturated rings. The third-order valence-electron chi connectivity index (χ3n) is 2.87. The largest absolute Gasteiger partial charge is 0.307 e. The number of allylic oxidation sites excluding steroid dienone is 1. The monoisotopic (exact) mass is 221 g/mol. The van der Waals surface area contributed by atoms with Gasteiger partial charge in [-0.25, -0.2) is 4.68 Å². The average Bonchev–Trinajstić information content (AvgIpc) is 3.03. The van der Waals surface area contributed by atoms with Gasteiger partial charge in [0.15, 0.2) is 5.82 Å². The Morgan fingerprint density at radius 1 is 1.62 bits per heavy atom. The summed E-state index contributed by atoms with van der Waals surface area (Å²) in [4.78, 5) is 0. The van der Waals surface area contributed by atoms with Crippen molar-refractivity contribution in [3.05, 3.63) is 18.5 Å². The van der Waals surface area contributed by atoms with Gasteiger partial charge in [0.25, 0.3) is 0 Å². The molecule has 0 spiro atoms. The average molecular weight is 221 g/mol. The predicted octanol–water partition coefficient (Wildman–Crippen LogP) is 1.45. The fourth-order valence-electron chi connectivity index (χ4n) is 1.67. The van der Waals surface area contributed by atoms with Crippen molar-refractivity contribution in [2.24, 2.45) is 0 Å². The van der Waals surface area contributed by atoms with Crippen molar-refractivity contribution in [2.45, 2.75) is 51.2 Å². The highest BCUT2D eigenvalue weighted by molar-refractivity contribution is 4.90. The van der Waals surface area contributed by atoms with Crippen LogP contribution in [0.25, 0.3) is 0 Å². The van der Waals surface area contributed by atoms with Crippen LogP contribution in [0.4, 0.5) is 0 Å². The van der Waals surface area contributed by atoms with Crippen LogP contribution in [0.15, 0.2) is 12.7 Å². The molecule has 1 atom stereocenters. The number of aromatic nitrogens is 4. The molecule has 1 saturated carbocycles. The molecule has 1 heterocycles. The molecule has 88 valence electrons. The second-order valence-corrected chi connectivity index (χ2v) is 4.42. The number of rotatable bonds is 7. The van der Waals surface area contributed by atoms with Gasteiger partial charge in [-0.3, -0.25) is 0 Å². The zero-order valence-electron chi connectivity index (χ0n) is 9.76. The minimum absolute atomic E-state index is 0.474. The SMILES string of the molecule is C=CCCC(C)NCc1nnnn1C1CC1. The molecule has 0 aromatic carbocycles. The van der Waals surface area contributed by atoms with Crippen molar-refractivity contribution in [1.82, 2.24) is 25.5 Å². The summed E-state index contributed by atoms with van der Waals surface area (Å²) in [6.07, 6.45) is 6.52. The molecule has 0 radical (unpaired) electrons. The quantitative estimate of drug-likeness (QED) is 0.708. The molecule has 16 heavy (non-hydrogen) atoms. The molecule has 0 aliphatic heterocycles. The Hall–Kier alpha value is -1.23. The molecule has 0 amide bonds. The Bertz CT molecular complexity index is 342. The van der Waals surface area contributed by atoms with Gasteiger partial charge in [0.05, 0.1) is 12.6 Å². The zero-order chi connectivity index (χ0) is 11.4. The standard InChI is InChI=1S/C11H19N5/c1-3-4-5-9(2)12-8-11-13-14-15-16(11)10-6-7-10/h3,9-10,12H,1,4-8H2,2H3. The minimum atomic E-state index is 0.474. The summed E-state index contributed by atoms with van der Waals surface area (Å²) in [6, 6.07) is 1.03. The zero-order valence-corrected chi connectivity index (χ0v) is 9.76. The molecular weight excluding hydrogens is 202 g/mol. The Morgan fingerprint density at radius 2 is 2.44 bits per heavy atom. The maximum atomic E-state index is 4.05. The fraction of sp³-hybridized carbons (Fsp3) is 0.727. The molecular formula is C11H19N5. The molecule has 1 unspecified atom stereocenters. The second-order valence-electron chi connectivity index (χ2n) is 4.42. The third-order valence-corrected chi connectivity index (χ3v) is 2.87. The topological polar surface area (TPSA) is 55.6 Å². The first-order valence-corrected chi connectivity index (χ1v) is 5.92. The summed E-state index contributed by atoms with van der Waals surface area (Å²) < 4.78 is 1.95. The van der Waals surface area contributed by atoms with E-state index in [0.29, 0.717) is 12.1 Å². The van der Waals surface area contributed by atoms with Crippen LogP contribution in [0.1, 0.15) is 44.5 Å². The van der Waals surface area contributed by atoms with E-state index in [0.717, 1.165) is 25.2 Å². The van der Waals surface area contributed by atoms with E-state index in [1.54, 1.807) is 0 Å². The molecule has 1 aliphatic rings. The van der Waals surface area contributed by atoms with Crippen LogP contribution in [0.5, 0.6) is 0 Å². The normalized spacial score (nSPS) is 17.3. The van der Waals surface area contributed by atoms with Crippen LogP contribution < -0.4 is 5.32 Å². The van der Waals surface area contributed by atoms with Crippen LogP contribution in [0.2, 0.25) is 0 Å². The van der Waals surface area contributed by atoms with E-state index in [1.807, 2.05) is 10.8 Å². The van der Waals surface area contributed by atoms with Gasteiger partial charge >= 0.3 is 0 Å². The van der Waals surface area contributed by atoms with E-state index in [1.165, 1.54) is 12.8 Å². The first-order valence-electron chi connectivity index (χ1n) is 5.92. The van der Waals surface area contributed by atoms with E-state index >= 15 is 0 Å². The molecule has 1 aromatic heterocycles. The molecule has 5 heteroatoms. The second kappa shape index (κ2) is 5.21. The number of hydrogen-bond acceptors (Lipinski definition) is 4. The first kappa shape index (κ1) is 11.3. The summed E-state index contributed by atoms with van der Waals surface area (Å²) in [5.74, 6) is 0.952. The fourth-order valence-corrected chi connectivity index (χ4v) is 1.67. The summed E-state index contributed by atoms with van der Waals surface area (Å²) in [7, 11) is 0. The summed E-state index contributed by atoms with van der Waals surface area (Å²) >= 11 is 0.